The molecule has 202 valence electrons. The minimum Gasteiger partial charge on any atom is -0.343 e. The van der Waals surface area contributed by atoms with Gasteiger partial charge in [-0.05, 0) is 42.6 Å². The Kier molecular flexibility index (Phi) is 9.36. The van der Waals surface area contributed by atoms with E-state index in [2.05, 4.69) is 21.3 Å². The number of rotatable bonds is 11. The van der Waals surface area contributed by atoms with E-state index in [1.165, 1.54) is 24.3 Å². The highest BCUT2D eigenvalue weighted by atomic mass is 16.6. The van der Waals surface area contributed by atoms with Crippen LogP contribution < -0.4 is 21.3 Å². The standard InChI is InChI=1S/C29H31N5O5/c35-27(24-12-7-17-30-24)32-26(19-21-10-5-2-6-11-21)29(37)33-25(18-20-8-3-1-4-9-20)28(36)31-22-13-15-23(16-14-22)34(38)39/h1-6,8-11,13-16,24-26,30H,7,12,17-19H2,(H,31,36)(H,32,35)(H,33,37)/t24-,25+,26+/m1/s1. The van der Waals surface area contributed by atoms with Crippen molar-refractivity contribution in [1.82, 2.24) is 16.0 Å². The maximum absolute atomic E-state index is 13.6. The molecule has 1 fully saturated rings. The Labute approximate surface area is 226 Å². The summed E-state index contributed by atoms with van der Waals surface area (Å²) in [5.74, 6) is -1.22. The van der Waals surface area contributed by atoms with Crippen molar-refractivity contribution in [1.29, 1.82) is 0 Å². The first-order valence-corrected chi connectivity index (χ1v) is 12.9. The molecule has 3 atom stereocenters. The van der Waals surface area contributed by atoms with Crippen molar-refractivity contribution in [2.45, 2.75) is 43.8 Å². The van der Waals surface area contributed by atoms with Crippen LogP contribution in [0.5, 0.6) is 0 Å². The Bertz CT molecular complexity index is 1280. The second-order valence-corrected chi connectivity index (χ2v) is 9.44. The van der Waals surface area contributed by atoms with Crippen LogP contribution in [0.3, 0.4) is 0 Å². The van der Waals surface area contributed by atoms with Gasteiger partial charge >= 0.3 is 0 Å². The van der Waals surface area contributed by atoms with Gasteiger partial charge in [-0.1, -0.05) is 60.7 Å². The van der Waals surface area contributed by atoms with Crippen molar-refractivity contribution in [2.24, 2.45) is 0 Å². The summed E-state index contributed by atoms with van der Waals surface area (Å²) in [6, 6.07) is 21.8. The maximum Gasteiger partial charge on any atom is 0.269 e. The lowest BCUT2D eigenvalue weighted by molar-refractivity contribution is -0.384. The van der Waals surface area contributed by atoms with Crippen molar-refractivity contribution < 1.29 is 19.3 Å². The van der Waals surface area contributed by atoms with Crippen molar-refractivity contribution in [3.05, 3.63) is 106 Å². The third-order valence-electron chi connectivity index (χ3n) is 6.55. The van der Waals surface area contributed by atoms with Crippen LogP contribution in [0.2, 0.25) is 0 Å². The van der Waals surface area contributed by atoms with Gasteiger partial charge in [-0.2, -0.15) is 0 Å². The number of hydrogen-bond donors (Lipinski definition) is 4. The van der Waals surface area contributed by atoms with Crippen LogP contribution in [-0.2, 0) is 27.2 Å². The predicted octanol–water partition coefficient (Wildman–Crippen LogP) is 2.74. The van der Waals surface area contributed by atoms with Crippen molar-refractivity contribution in [3.8, 4) is 0 Å². The minimum atomic E-state index is -0.963. The lowest BCUT2D eigenvalue weighted by atomic mass is 10.0. The van der Waals surface area contributed by atoms with Crippen LogP contribution in [0.25, 0.3) is 0 Å². The summed E-state index contributed by atoms with van der Waals surface area (Å²) in [5, 5.41) is 22.5. The number of hydrogen-bond acceptors (Lipinski definition) is 6. The lowest BCUT2D eigenvalue weighted by Crippen LogP contribution is -2.56. The first-order chi connectivity index (χ1) is 18.9. The van der Waals surface area contributed by atoms with E-state index < -0.39 is 28.8 Å². The van der Waals surface area contributed by atoms with Crippen molar-refractivity contribution >= 4 is 29.1 Å². The zero-order valence-corrected chi connectivity index (χ0v) is 21.3. The maximum atomic E-state index is 13.6. The molecule has 1 heterocycles. The van der Waals surface area contributed by atoms with Gasteiger partial charge in [-0.3, -0.25) is 24.5 Å². The SMILES string of the molecule is O=C(Nc1ccc([N+](=O)[O-])cc1)[C@H](Cc1ccccc1)NC(=O)[C@H](Cc1ccccc1)NC(=O)[C@H]1CCCN1. The molecule has 0 unspecified atom stereocenters. The van der Waals surface area contributed by atoms with Gasteiger partial charge < -0.3 is 21.3 Å². The topological polar surface area (TPSA) is 142 Å². The fraction of sp³-hybridized carbons (Fsp3) is 0.276. The Morgan fingerprint density at radius 2 is 1.38 bits per heavy atom. The van der Waals surface area contributed by atoms with Crippen LogP contribution >= 0.6 is 0 Å². The van der Waals surface area contributed by atoms with E-state index in [1.54, 1.807) is 0 Å². The first-order valence-electron chi connectivity index (χ1n) is 12.9. The number of carbonyl (C=O) groups is 3. The zero-order valence-electron chi connectivity index (χ0n) is 21.3. The summed E-state index contributed by atoms with van der Waals surface area (Å²) in [7, 11) is 0. The summed E-state index contributed by atoms with van der Waals surface area (Å²) < 4.78 is 0. The summed E-state index contributed by atoms with van der Waals surface area (Å²) >= 11 is 0. The molecular formula is C29H31N5O5. The molecule has 0 aliphatic carbocycles. The quantitative estimate of drug-likeness (QED) is 0.222. The van der Waals surface area contributed by atoms with E-state index in [1.807, 2.05) is 60.7 Å². The number of nitrogens with zero attached hydrogens (tertiary/aromatic N) is 1. The average molecular weight is 530 g/mol. The number of nitrogens with one attached hydrogen (secondary N) is 4. The van der Waals surface area contributed by atoms with Gasteiger partial charge in [0.2, 0.25) is 17.7 Å². The lowest BCUT2D eigenvalue weighted by Gasteiger charge is -2.24. The molecule has 39 heavy (non-hydrogen) atoms. The Balaban J connectivity index is 1.52. The molecule has 0 spiro atoms. The Morgan fingerprint density at radius 3 is 1.90 bits per heavy atom. The molecule has 10 heteroatoms. The minimum absolute atomic E-state index is 0.0987. The van der Waals surface area contributed by atoms with E-state index in [0.29, 0.717) is 12.1 Å². The summed E-state index contributed by atoms with van der Waals surface area (Å²) in [6.45, 7) is 0.746. The van der Waals surface area contributed by atoms with Gasteiger partial charge in [0.15, 0.2) is 0 Å². The summed E-state index contributed by atoms with van der Waals surface area (Å²) in [4.78, 5) is 50.2. The molecule has 4 N–H and O–H groups in total. The highest BCUT2D eigenvalue weighted by Gasteiger charge is 2.30. The van der Waals surface area contributed by atoms with Gasteiger partial charge in [-0.25, -0.2) is 0 Å². The molecule has 3 amide bonds. The number of non-ortho nitro benzene ring substituents is 1. The molecule has 0 radical (unpaired) electrons. The predicted molar refractivity (Wildman–Crippen MR) is 147 cm³/mol. The fourth-order valence-corrected chi connectivity index (χ4v) is 4.47. The third kappa shape index (κ3) is 7.96. The third-order valence-corrected chi connectivity index (χ3v) is 6.55. The summed E-state index contributed by atoms with van der Waals surface area (Å²) in [5.41, 5.74) is 1.96. The van der Waals surface area contributed by atoms with Gasteiger partial charge in [0.1, 0.15) is 12.1 Å². The number of anilines is 1. The molecule has 4 rings (SSSR count). The zero-order chi connectivity index (χ0) is 27.6. The normalized spacial score (nSPS) is 16.1. The molecule has 0 bridgehead atoms. The largest absolute Gasteiger partial charge is 0.343 e. The molecule has 1 aliphatic rings. The van der Waals surface area contributed by atoms with Crippen LogP contribution in [-0.4, -0.2) is 47.3 Å². The van der Waals surface area contributed by atoms with E-state index in [9.17, 15) is 24.5 Å². The number of nitro benzene ring substituents is 1. The number of amides is 3. The van der Waals surface area contributed by atoms with Crippen molar-refractivity contribution in [3.63, 3.8) is 0 Å². The Morgan fingerprint density at radius 1 is 0.821 bits per heavy atom. The Hall–Kier alpha value is -4.57. The van der Waals surface area contributed by atoms with Crippen LogP contribution in [0.15, 0.2) is 84.9 Å². The molecule has 0 saturated carbocycles. The second kappa shape index (κ2) is 13.3. The highest BCUT2D eigenvalue weighted by Crippen LogP contribution is 2.16. The first kappa shape index (κ1) is 27.5. The van der Waals surface area contributed by atoms with E-state index in [-0.39, 0.29) is 30.5 Å². The van der Waals surface area contributed by atoms with Crippen LogP contribution in [0.4, 0.5) is 11.4 Å². The van der Waals surface area contributed by atoms with Gasteiger partial charge in [0.05, 0.1) is 11.0 Å². The van der Waals surface area contributed by atoms with Gasteiger partial charge in [0.25, 0.3) is 5.69 Å². The number of benzene rings is 3. The average Bonchev–Trinajstić information content (AvgIpc) is 3.49. The molecular weight excluding hydrogens is 498 g/mol. The van der Waals surface area contributed by atoms with Gasteiger partial charge in [0, 0.05) is 30.7 Å². The van der Waals surface area contributed by atoms with E-state index in [0.717, 1.165) is 24.1 Å². The summed E-state index contributed by atoms with van der Waals surface area (Å²) in [6.07, 6.45) is 2.05. The van der Waals surface area contributed by atoms with E-state index >= 15 is 0 Å². The smallest absolute Gasteiger partial charge is 0.269 e. The van der Waals surface area contributed by atoms with Crippen LogP contribution in [0, 0.1) is 10.1 Å². The van der Waals surface area contributed by atoms with Crippen LogP contribution in [0.1, 0.15) is 24.0 Å². The molecule has 1 aliphatic heterocycles. The number of carbonyl (C=O) groups excluding carboxylic acids is 3. The highest BCUT2D eigenvalue weighted by molar-refractivity contribution is 5.99. The number of nitro groups is 1. The fourth-order valence-electron chi connectivity index (χ4n) is 4.47. The molecule has 1 saturated heterocycles. The monoisotopic (exact) mass is 529 g/mol. The van der Waals surface area contributed by atoms with Crippen molar-refractivity contribution in [2.75, 3.05) is 11.9 Å². The molecule has 3 aromatic carbocycles. The molecule has 10 nitrogen and oxygen atoms in total. The molecule has 0 aromatic heterocycles. The second-order valence-electron chi connectivity index (χ2n) is 9.44. The molecule has 3 aromatic rings. The van der Waals surface area contributed by atoms with Gasteiger partial charge in [-0.15, -0.1) is 0 Å². The van der Waals surface area contributed by atoms with E-state index in [4.69, 9.17) is 0 Å².